The predicted octanol–water partition coefficient (Wildman–Crippen LogP) is 6.45. The summed E-state index contributed by atoms with van der Waals surface area (Å²) in [7, 11) is 0. The van der Waals surface area contributed by atoms with Crippen molar-refractivity contribution in [1.82, 2.24) is 0 Å². The van der Waals surface area contributed by atoms with E-state index in [0.717, 1.165) is 16.9 Å². The highest BCUT2D eigenvalue weighted by Crippen LogP contribution is 2.42. The molecule has 3 rings (SSSR count). The lowest BCUT2D eigenvalue weighted by Crippen LogP contribution is -1.90. The smallest absolute Gasteiger partial charge is 0.155 e. The molecule has 1 nitrogen and oxygen atoms in total. The molecule has 0 unspecified atom stereocenters. The Hall–Kier alpha value is -1.96. The van der Waals surface area contributed by atoms with Gasteiger partial charge < -0.3 is 4.74 Å². The van der Waals surface area contributed by atoms with E-state index in [9.17, 15) is 0 Å². The summed E-state index contributed by atoms with van der Waals surface area (Å²) >= 11 is 12.5. The molecule has 0 aromatic heterocycles. The summed E-state index contributed by atoms with van der Waals surface area (Å²) in [5, 5.41) is 0.893. The summed E-state index contributed by atoms with van der Waals surface area (Å²) in [6.45, 7) is 0. The molecule has 0 N–H and O–H groups in total. The molecular formula is C18H12Cl2O. The van der Waals surface area contributed by atoms with Crippen molar-refractivity contribution in [3.63, 3.8) is 0 Å². The minimum Gasteiger partial charge on any atom is -0.455 e. The van der Waals surface area contributed by atoms with Gasteiger partial charge in [0, 0.05) is 5.56 Å². The number of halogens is 2. The maximum atomic E-state index is 6.34. The number of para-hydroxylation sites is 1. The molecule has 21 heavy (non-hydrogen) atoms. The number of hydrogen-bond donors (Lipinski definition) is 0. The second-order valence-electron chi connectivity index (χ2n) is 4.52. The fourth-order valence-corrected chi connectivity index (χ4v) is 2.44. The van der Waals surface area contributed by atoms with Gasteiger partial charge in [-0.05, 0) is 29.8 Å². The molecule has 0 aliphatic heterocycles. The highest BCUT2D eigenvalue weighted by Gasteiger charge is 2.14. The Labute approximate surface area is 133 Å². The van der Waals surface area contributed by atoms with Gasteiger partial charge in [0.15, 0.2) is 5.75 Å². The molecule has 0 amide bonds. The van der Waals surface area contributed by atoms with Crippen molar-refractivity contribution in [3.8, 4) is 22.6 Å². The molecule has 0 saturated carbocycles. The van der Waals surface area contributed by atoms with Crippen molar-refractivity contribution >= 4 is 23.2 Å². The first-order chi connectivity index (χ1) is 10.3. The zero-order chi connectivity index (χ0) is 14.7. The summed E-state index contributed by atoms with van der Waals surface area (Å²) in [5.74, 6) is 1.29. The first-order valence-electron chi connectivity index (χ1n) is 6.52. The third kappa shape index (κ3) is 3.05. The lowest BCUT2D eigenvalue weighted by molar-refractivity contribution is 0.485. The molecular weight excluding hydrogens is 303 g/mol. The standard InChI is InChI=1S/C18H12Cl2O/c19-16-12-11-15(13-7-3-1-4-8-13)18(17(16)20)21-14-9-5-2-6-10-14/h1-12H. The summed E-state index contributed by atoms with van der Waals surface area (Å²) in [5.41, 5.74) is 1.94. The first-order valence-corrected chi connectivity index (χ1v) is 7.27. The lowest BCUT2D eigenvalue weighted by atomic mass is 10.0. The summed E-state index contributed by atoms with van der Waals surface area (Å²) in [6, 6.07) is 23.2. The van der Waals surface area contributed by atoms with Crippen LogP contribution < -0.4 is 4.74 Å². The minimum atomic E-state index is 0.418. The van der Waals surface area contributed by atoms with Crippen LogP contribution in [0.4, 0.5) is 0 Å². The van der Waals surface area contributed by atoms with Crippen LogP contribution in [0.1, 0.15) is 0 Å². The van der Waals surface area contributed by atoms with E-state index >= 15 is 0 Å². The van der Waals surface area contributed by atoms with Crippen LogP contribution >= 0.6 is 23.2 Å². The average Bonchev–Trinajstić information content (AvgIpc) is 2.54. The molecule has 0 heterocycles. The van der Waals surface area contributed by atoms with Crippen molar-refractivity contribution in [2.75, 3.05) is 0 Å². The maximum Gasteiger partial charge on any atom is 0.155 e. The molecule has 104 valence electrons. The van der Waals surface area contributed by atoms with Crippen molar-refractivity contribution in [1.29, 1.82) is 0 Å². The maximum absolute atomic E-state index is 6.34. The van der Waals surface area contributed by atoms with Crippen LogP contribution in [0.5, 0.6) is 11.5 Å². The van der Waals surface area contributed by atoms with E-state index in [2.05, 4.69) is 0 Å². The Morgan fingerprint density at radius 1 is 0.667 bits per heavy atom. The quantitative estimate of drug-likeness (QED) is 0.539. The molecule has 0 saturated heterocycles. The highest BCUT2D eigenvalue weighted by atomic mass is 35.5. The van der Waals surface area contributed by atoms with Crippen LogP contribution in [0.2, 0.25) is 10.0 Å². The molecule has 0 aliphatic carbocycles. The number of hydrogen-bond acceptors (Lipinski definition) is 1. The Kier molecular flexibility index (Phi) is 4.14. The normalized spacial score (nSPS) is 10.4. The third-order valence-electron chi connectivity index (χ3n) is 3.10. The van der Waals surface area contributed by atoms with Gasteiger partial charge in [-0.15, -0.1) is 0 Å². The zero-order valence-corrected chi connectivity index (χ0v) is 12.6. The van der Waals surface area contributed by atoms with Crippen molar-refractivity contribution in [3.05, 3.63) is 82.8 Å². The van der Waals surface area contributed by atoms with Crippen molar-refractivity contribution in [2.24, 2.45) is 0 Å². The summed E-state index contributed by atoms with van der Waals surface area (Å²) in [4.78, 5) is 0. The Balaban J connectivity index is 2.11. The third-order valence-corrected chi connectivity index (χ3v) is 3.88. The highest BCUT2D eigenvalue weighted by molar-refractivity contribution is 6.43. The van der Waals surface area contributed by atoms with Gasteiger partial charge in [-0.2, -0.15) is 0 Å². The van der Waals surface area contributed by atoms with E-state index in [1.807, 2.05) is 66.7 Å². The molecule has 3 heteroatoms. The number of ether oxygens (including phenoxy) is 1. The van der Waals surface area contributed by atoms with Crippen LogP contribution in [0.3, 0.4) is 0 Å². The van der Waals surface area contributed by atoms with E-state index in [-0.39, 0.29) is 0 Å². The monoisotopic (exact) mass is 314 g/mol. The largest absolute Gasteiger partial charge is 0.455 e. The molecule has 3 aromatic carbocycles. The molecule has 0 atom stereocenters. The van der Waals surface area contributed by atoms with Gasteiger partial charge in [-0.25, -0.2) is 0 Å². The molecule has 0 aliphatic rings. The predicted molar refractivity (Wildman–Crippen MR) is 88.4 cm³/mol. The van der Waals surface area contributed by atoms with E-state index in [0.29, 0.717) is 15.8 Å². The van der Waals surface area contributed by atoms with Gasteiger partial charge in [0.1, 0.15) is 10.8 Å². The fraction of sp³-hybridized carbons (Fsp3) is 0. The van der Waals surface area contributed by atoms with Crippen LogP contribution in [0.15, 0.2) is 72.8 Å². The molecule has 3 aromatic rings. The number of benzene rings is 3. The van der Waals surface area contributed by atoms with Gasteiger partial charge in [0.05, 0.1) is 5.02 Å². The van der Waals surface area contributed by atoms with Gasteiger partial charge >= 0.3 is 0 Å². The minimum absolute atomic E-state index is 0.418. The Morgan fingerprint density at radius 2 is 1.29 bits per heavy atom. The molecule has 0 fully saturated rings. The topological polar surface area (TPSA) is 9.23 Å². The van der Waals surface area contributed by atoms with Crippen molar-refractivity contribution < 1.29 is 4.74 Å². The molecule has 0 radical (unpaired) electrons. The Bertz CT molecular complexity index is 740. The first kappa shape index (κ1) is 14.0. The lowest BCUT2D eigenvalue weighted by Gasteiger charge is -2.14. The molecule has 0 bridgehead atoms. The second-order valence-corrected chi connectivity index (χ2v) is 5.30. The summed E-state index contributed by atoms with van der Waals surface area (Å²) < 4.78 is 5.96. The van der Waals surface area contributed by atoms with Crippen LogP contribution in [0.25, 0.3) is 11.1 Å². The summed E-state index contributed by atoms with van der Waals surface area (Å²) in [6.07, 6.45) is 0. The second kappa shape index (κ2) is 6.21. The number of rotatable bonds is 3. The van der Waals surface area contributed by atoms with Crippen LogP contribution in [-0.2, 0) is 0 Å². The van der Waals surface area contributed by atoms with Crippen molar-refractivity contribution in [2.45, 2.75) is 0 Å². The van der Waals surface area contributed by atoms with E-state index in [4.69, 9.17) is 27.9 Å². The van der Waals surface area contributed by atoms with Gasteiger partial charge in [-0.3, -0.25) is 0 Å². The van der Waals surface area contributed by atoms with Crippen LogP contribution in [0, 0.1) is 0 Å². The van der Waals surface area contributed by atoms with Gasteiger partial charge in [0.25, 0.3) is 0 Å². The average molecular weight is 315 g/mol. The van der Waals surface area contributed by atoms with Crippen LogP contribution in [-0.4, -0.2) is 0 Å². The fourth-order valence-electron chi connectivity index (χ4n) is 2.08. The van der Waals surface area contributed by atoms with Gasteiger partial charge in [-0.1, -0.05) is 71.7 Å². The molecule has 0 spiro atoms. The Morgan fingerprint density at radius 3 is 1.95 bits per heavy atom. The van der Waals surface area contributed by atoms with E-state index < -0.39 is 0 Å². The zero-order valence-electron chi connectivity index (χ0n) is 11.1. The van der Waals surface area contributed by atoms with Gasteiger partial charge in [0.2, 0.25) is 0 Å². The SMILES string of the molecule is Clc1ccc(-c2ccccc2)c(Oc2ccccc2)c1Cl. The van der Waals surface area contributed by atoms with E-state index in [1.165, 1.54) is 0 Å². The van der Waals surface area contributed by atoms with E-state index in [1.54, 1.807) is 6.07 Å².